The van der Waals surface area contributed by atoms with Crippen molar-refractivity contribution in [1.29, 1.82) is 0 Å². The predicted molar refractivity (Wildman–Crippen MR) is 81.9 cm³/mol. The summed E-state index contributed by atoms with van der Waals surface area (Å²) < 4.78 is 1.75. The van der Waals surface area contributed by atoms with E-state index in [1.165, 1.54) is 0 Å². The quantitative estimate of drug-likeness (QED) is 0.731. The highest BCUT2D eigenvalue weighted by Crippen LogP contribution is 2.23. The number of piperazine rings is 3. The smallest absolute Gasteiger partial charge is 0.200 e. The number of fused-ring (bicyclic) bond motifs is 3. The summed E-state index contributed by atoms with van der Waals surface area (Å²) >= 11 is 6.23. The predicted octanol–water partition coefficient (Wildman–Crippen LogP) is 0.281. The molecule has 3 saturated heterocycles. The molecular weight excluding hydrogens is 290 g/mol. The highest BCUT2D eigenvalue weighted by atomic mass is 35.5. The minimum Gasteiger partial charge on any atom is -0.308 e. The second kappa shape index (κ2) is 6.04. The highest BCUT2D eigenvalue weighted by Gasteiger charge is 2.38. The zero-order valence-corrected chi connectivity index (χ0v) is 13.4. The Morgan fingerprint density at radius 1 is 1.38 bits per heavy atom. The van der Waals surface area contributed by atoms with Gasteiger partial charge in [0, 0.05) is 39.3 Å². The number of carbonyl (C=O) groups excluding carboxylic acids is 1. The van der Waals surface area contributed by atoms with Crippen molar-refractivity contribution in [2.45, 2.75) is 12.6 Å². The molecule has 4 heterocycles. The van der Waals surface area contributed by atoms with E-state index in [1.807, 2.05) is 14.1 Å². The van der Waals surface area contributed by atoms with Gasteiger partial charge in [0.2, 0.25) is 5.78 Å². The van der Waals surface area contributed by atoms with Gasteiger partial charge in [-0.1, -0.05) is 11.6 Å². The van der Waals surface area contributed by atoms with Gasteiger partial charge in [0.25, 0.3) is 0 Å². The Morgan fingerprint density at radius 3 is 2.67 bits per heavy atom. The van der Waals surface area contributed by atoms with Gasteiger partial charge in [-0.3, -0.25) is 19.3 Å². The Hall–Kier alpha value is -0.950. The monoisotopic (exact) mass is 311 g/mol. The Kier molecular flexibility index (Phi) is 4.31. The minimum atomic E-state index is -0.0696. The van der Waals surface area contributed by atoms with Crippen molar-refractivity contribution in [3.63, 3.8) is 0 Å². The second-order valence-corrected chi connectivity index (χ2v) is 6.49. The number of carbonyl (C=O) groups is 1. The van der Waals surface area contributed by atoms with Gasteiger partial charge in [-0.2, -0.15) is 5.10 Å². The van der Waals surface area contributed by atoms with Gasteiger partial charge in [0.15, 0.2) is 0 Å². The van der Waals surface area contributed by atoms with Crippen molar-refractivity contribution >= 4 is 17.4 Å². The molecule has 4 rings (SSSR count). The summed E-state index contributed by atoms with van der Waals surface area (Å²) in [6.45, 7) is 6.40. The molecular formula is C14H22ClN5O. The first-order valence-corrected chi connectivity index (χ1v) is 7.80. The Labute approximate surface area is 130 Å². The lowest BCUT2D eigenvalue weighted by molar-refractivity contribution is 0.0153. The fraction of sp³-hybridized carbons (Fsp3) is 0.714. The molecule has 7 heteroatoms. The molecule has 116 valence electrons. The zero-order valence-electron chi connectivity index (χ0n) is 12.6. The van der Waals surface area contributed by atoms with E-state index in [-0.39, 0.29) is 11.8 Å². The summed E-state index contributed by atoms with van der Waals surface area (Å²) in [4.78, 5) is 19.6. The third kappa shape index (κ3) is 2.99. The zero-order chi connectivity index (χ0) is 15.0. The van der Waals surface area contributed by atoms with E-state index < -0.39 is 0 Å². The van der Waals surface area contributed by atoms with E-state index in [0.717, 1.165) is 39.3 Å². The summed E-state index contributed by atoms with van der Waals surface area (Å²) in [5.41, 5.74) is 0.567. The summed E-state index contributed by atoms with van der Waals surface area (Å²) in [6, 6.07) is -0.0696. The molecule has 6 nitrogen and oxygen atoms in total. The second-order valence-electron chi connectivity index (χ2n) is 6.08. The van der Waals surface area contributed by atoms with Crippen LogP contribution in [-0.4, -0.2) is 89.7 Å². The molecule has 21 heavy (non-hydrogen) atoms. The van der Waals surface area contributed by atoms with Crippen molar-refractivity contribution < 1.29 is 4.79 Å². The average molecular weight is 312 g/mol. The third-order valence-corrected chi connectivity index (χ3v) is 4.65. The van der Waals surface area contributed by atoms with Crippen LogP contribution in [0.1, 0.15) is 10.5 Å². The van der Waals surface area contributed by atoms with Crippen LogP contribution in [0.15, 0.2) is 6.20 Å². The van der Waals surface area contributed by atoms with E-state index in [9.17, 15) is 4.79 Å². The standard InChI is InChI=1S/C14H22ClN5O/c1-17(2)3-8-20-13(11(15)9-16-20)14(21)12-10-18-4-6-19(12)7-5-18/h9,12H,3-8,10H2,1-2H3. The molecule has 2 bridgehead atoms. The van der Waals surface area contributed by atoms with Crippen molar-refractivity contribution in [1.82, 2.24) is 24.5 Å². The molecule has 1 atom stereocenters. The Morgan fingerprint density at radius 2 is 2.10 bits per heavy atom. The van der Waals surface area contributed by atoms with Crippen molar-refractivity contribution in [2.24, 2.45) is 0 Å². The fourth-order valence-corrected chi connectivity index (χ4v) is 3.33. The molecule has 0 amide bonds. The average Bonchev–Trinajstić information content (AvgIpc) is 2.86. The topological polar surface area (TPSA) is 44.6 Å². The lowest BCUT2D eigenvalue weighted by atomic mass is 10.0. The first-order chi connectivity index (χ1) is 10.1. The van der Waals surface area contributed by atoms with Crippen molar-refractivity contribution in [3.05, 3.63) is 16.9 Å². The van der Waals surface area contributed by atoms with Crippen LogP contribution in [0.2, 0.25) is 5.02 Å². The number of likely N-dealkylation sites (N-methyl/N-ethyl adjacent to an activating group) is 1. The van der Waals surface area contributed by atoms with E-state index in [1.54, 1.807) is 10.9 Å². The molecule has 1 unspecified atom stereocenters. The maximum Gasteiger partial charge on any atom is 0.200 e. The summed E-state index contributed by atoms with van der Waals surface area (Å²) in [7, 11) is 4.01. The van der Waals surface area contributed by atoms with E-state index >= 15 is 0 Å². The SMILES string of the molecule is CN(C)CCn1ncc(Cl)c1C(=O)C1CN2CCN1CC2. The number of aromatic nitrogens is 2. The molecule has 0 saturated carbocycles. The van der Waals surface area contributed by atoms with Gasteiger partial charge in [0.1, 0.15) is 5.69 Å². The van der Waals surface area contributed by atoms with Crippen molar-refractivity contribution in [3.8, 4) is 0 Å². The molecule has 3 aliphatic rings. The molecule has 0 spiro atoms. The summed E-state index contributed by atoms with van der Waals surface area (Å²) in [5, 5.41) is 4.74. The lowest BCUT2D eigenvalue weighted by Crippen LogP contribution is -2.63. The molecule has 3 fully saturated rings. The maximum absolute atomic E-state index is 12.9. The van der Waals surface area contributed by atoms with Gasteiger partial charge in [-0.25, -0.2) is 0 Å². The largest absolute Gasteiger partial charge is 0.308 e. The van der Waals surface area contributed by atoms with Gasteiger partial charge >= 0.3 is 0 Å². The van der Waals surface area contributed by atoms with E-state index in [0.29, 0.717) is 17.3 Å². The molecule has 0 aliphatic carbocycles. The summed E-state index contributed by atoms with van der Waals surface area (Å²) in [5.74, 6) is 0.112. The van der Waals surface area contributed by atoms with Crippen LogP contribution < -0.4 is 0 Å². The minimum absolute atomic E-state index is 0.0696. The van der Waals surface area contributed by atoms with Gasteiger partial charge in [-0.15, -0.1) is 0 Å². The molecule has 3 aliphatic heterocycles. The van der Waals surface area contributed by atoms with Crippen LogP contribution in [-0.2, 0) is 6.54 Å². The van der Waals surface area contributed by atoms with Crippen LogP contribution in [0.25, 0.3) is 0 Å². The van der Waals surface area contributed by atoms with Gasteiger partial charge < -0.3 is 4.90 Å². The number of hydrogen-bond donors (Lipinski definition) is 0. The highest BCUT2D eigenvalue weighted by molar-refractivity contribution is 6.33. The number of nitrogens with zero attached hydrogens (tertiary/aromatic N) is 5. The number of halogens is 1. The van der Waals surface area contributed by atoms with Crippen LogP contribution in [0.3, 0.4) is 0 Å². The van der Waals surface area contributed by atoms with Gasteiger partial charge in [0.05, 0.1) is 23.8 Å². The van der Waals surface area contributed by atoms with Gasteiger partial charge in [-0.05, 0) is 14.1 Å². The van der Waals surface area contributed by atoms with Crippen LogP contribution in [0.4, 0.5) is 0 Å². The normalized spacial score (nSPS) is 28.3. The summed E-state index contributed by atoms with van der Waals surface area (Å²) in [6.07, 6.45) is 1.58. The van der Waals surface area contributed by atoms with Crippen LogP contribution in [0, 0.1) is 0 Å². The van der Waals surface area contributed by atoms with E-state index in [4.69, 9.17) is 11.6 Å². The van der Waals surface area contributed by atoms with Crippen molar-refractivity contribution in [2.75, 3.05) is 53.4 Å². The lowest BCUT2D eigenvalue weighted by Gasteiger charge is -2.46. The molecule has 1 aromatic rings. The Bertz CT molecular complexity index is 521. The first-order valence-electron chi connectivity index (χ1n) is 7.43. The number of hydrogen-bond acceptors (Lipinski definition) is 5. The first kappa shape index (κ1) is 15.0. The molecule has 0 N–H and O–H groups in total. The number of rotatable bonds is 5. The van der Waals surface area contributed by atoms with E-state index in [2.05, 4.69) is 19.8 Å². The fourth-order valence-electron chi connectivity index (χ4n) is 3.10. The molecule has 1 aromatic heterocycles. The van der Waals surface area contributed by atoms with Crippen LogP contribution >= 0.6 is 11.6 Å². The molecule has 0 radical (unpaired) electrons. The molecule has 0 aromatic carbocycles. The van der Waals surface area contributed by atoms with Crippen LogP contribution in [0.5, 0.6) is 0 Å². The third-order valence-electron chi connectivity index (χ3n) is 4.37. The number of Topliss-reactive ketones (excluding diaryl/α,β-unsaturated/α-hetero) is 1. The Balaban J connectivity index is 1.79. The maximum atomic E-state index is 12.9. The number of ketones is 1.